The second-order valence-electron chi connectivity index (χ2n) is 2.12. The van der Waals surface area contributed by atoms with Crippen LogP contribution in [0.3, 0.4) is 0 Å². The van der Waals surface area contributed by atoms with Gasteiger partial charge in [-0.25, -0.2) is 0 Å². The maximum atomic E-state index is 5.18. The van der Waals surface area contributed by atoms with Gasteiger partial charge in [0.05, 0.1) is 0 Å². The molecule has 1 aliphatic heterocycles. The normalized spacial score (nSPS) is 31.1. The van der Waals surface area contributed by atoms with Gasteiger partial charge in [0.15, 0.2) is 6.79 Å². The number of fused-ring (bicyclic) bond motifs is 1. The molecule has 0 amide bonds. The third-order valence-corrected chi connectivity index (χ3v) is 1.52. The van der Waals surface area contributed by atoms with E-state index in [2.05, 4.69) is 12.2 Å². The van der Waals surface area contributed by atoms with Crippen molar-refractivity contribution in [3.05, 3.63) is 24.0 Å². The maximum absolute atomic E-state index is 5.18. The Morgan fingerprint density at radius 2 is 2.56 bits per heavy atom. The first-order valence-corrected chi connectivity index (χ1v) is 3.08. The van der Waals surface area contributed by atoms with Crippen molar-refractivity contribution in [1.82, 2.24) is 0 Å². The van der Waals surface area contributed by atoms with Crippen LogP contribution in [0.4, 0.5) is 0 Å². The van der Waals surface area contributed by atoms with Gasteiger partial charge in [0.1, 0.15) is 11.9 Å². The van der Waals surface area contributed by atoms with E-state index in [4.69, 9.17) is 9.47 Å². The van der Waals surface area contributed by atoms with Crippen LogP contribution in [0.5, 0.6) is 0 Å². The predicted molar refractivity (Wildman–Crippen MR) is 32.7 cm³/mol. The van der Waals surface area contributed by atoms with Gasteiger partial charge in [-0.3, -0.25) is 0 Å². The van der Waals surface area contributed by atoms with Crippen LogP contribution in [0, 0.1) is 0 Å². The minimum Gasteiger partial charge on any atom is -0.469 e. The molecule has 1 saturated heterocycles. The van der Waals surface area contributed by atoms with E-state index >= 15 is 0 Å². The molecule has 1 atom stereocenters. The van der Waals surface area contributed by atoms with Crippen LogP contribution >= 0.6 is 0 Å². The SMILES string of the molecule is C1=CC2OCOC2=CC1. The van der Waals surface area contributed by atoms with Gasteiger partial charge in [-0.2, -0.15) is 0 Å². The first-order chi connectivity index (χ1) is 4.47. The molecule has 0 aromatic rings. The van der Waals surface area contributed by atoms with E-state index in [1.54, 1.807) is 0 Å². The minimum atomic E-state index is 0.124. The van der Waals surface area contributed by atoms with E-state index < -0.39 is 0 Å². The van der Waals surface area contributed by atoms with Gasteiger partial charge in [-0.1, -0.05) is 12.2 Å². The monoisotopic (exact) mass is 124 g/mol. The van der Waals surface area contributed by atoms with Crippen LogP contribution < -0.4 is 0 Å². The Bertz CT molecular complexity index is 170. The summed E-state index contributed by atoms with van der Waals surface area (Å²) in [6, 6.07) is 0. The predicted octanol–water partition coefficient (Wildman–Crippen LogP) is 1.20. The van der Waals surface area contributed by atoms with Gasteiger partial charge < -0.3 is 9.47 Å². The lowest BCUT2D eigenvalue weighted by Crippen LogP contribution is -2.05. The lowest BCUT2D eigenvalue weighted by atomic mass is 10.1. The Morgan fingerprint density at radius 1 is 1.56 bits per heavy atom. The highest BCUT2D eigenvalue weighted by Crippen LogP contribution is 2.21. The highest BCUT2D eigenvalue weighted by Gasteiger charge is 2.21. The highest BCUT2D eigenvalue weighted by atomic mass is 16.7. The van der Waals surface area contributed by atoms with Crippen molar-refractivity contribution < 1.29 is 9.47 Å². The standard InChI is InChI=1S/C7H8O2/c1-2-4-7-6(3-1)8-5-9-7/h1,3-4,6H,2,5H2. The fourth-order valence-electron chi connectivity index (χ4n) is 1.05. The summed E-state index contributed by atoms with van der Waals surface area (Å²) in [7, 11) is 0. The van der Waals surface area contributed by atoms with E-state index in [1.165, 1.54) is 0 Å². The summed E-state index contributed by atoms with van der Waals surface area (Å²) in [5.41, 5.74) is 0. The van der Waals surface area contributed by atoms with E-state index in [9.17, 15) is 0 Å². The molecule has 1 unspecified atom stereocenters. The molecule has 0 N–H and O–H groups in total. The molecular formula is C7H8O2. The Hall–Kier alpha value is -0.760. The Morgan fingerprint density at radius 3 is 3.44 bits per heavy atom. The summed E-state index contributed by atoms with van der Waals surface area (Å²) in [5.74, 6) is 0.984. The molecule has 48 valence electrons. The maximum Gasteiger partial charge on any atom is 0.189 e. The molecule has 0 radical (unpaired) electrons. The van der Waals surface area contributed by atoms with Crippen molar-refractivity contribution in [2.45, 2.75) is 12.5 Å². The van der Waals surface area contributed by atoms with Crippen molar-refractivity contribution in [3.63, 3.8) is 0 Å². The van der Waals surface area contributed by atoms with Crippen molar-refractivity contribution in [1.29, 1.82) is 0 Å². The Balaban J connectivity index is 2.22. The van der Waals surface area contributed by atoms with E-state index in [0.717, 1.165) is 12.2 Å². The van der Waals surface area contributed by atoms with Crippen LogP contribution in [-0.4, -0.2) is 12.9 Å². The van der Waals surface area contributed by atoms with Crippen LogP contribution in [0.2, 0.25) is 0 Å². The second kappa shape index (κ2) is 1.88. The number of hydrogen-bond donors (Lipinski definition) is 0. The average Bonchev–Trinajstić information content (AvgIpc) is 2.33. The van der Waals surface area contributed by atoms with Crippen LogP contribution in [-0.2, 0) is 9.47 Å². The summed E-state index contributed by atoms with van der Waals surface area (Å²) >= 11 is 0. The molecule has 0 aromatic carbocycles. The zero-order chi connectivity index (χ0) is 6.10. The minimum absolute atomic E-state index is 0.124. The van der Waals surface area contributed by atoms with E-state index in [-0.39, 0.29) is 6.10 Å². The lowest BCUT2D eigenvalue weighted by Gasteiger charge is -2.05. The van der Waals surface area contributed by atoms with Crippen LogP contribution in [0.25, 0.3) is 0 Å². The quantitative estimate of drug-likeness (QED) is 0.452. The second-order valence-corrected chi connectivity index (χ2v) is 2.12. The lowest BCUT2D eigenvalue weighted by molar-refractivity contribution is 0.0630. The molecule has 1 heterocycles. The largest absolute Gasteiger partial charge is 0.469 e. The van der Waals surface area contributed by atoms with Gasteiger partial charge in [0.2, 0.25) is 0 Å². The molecule has 0 saturated carbocycles. The fourth-order valence-corrected chi connectivity index (χ4v) is 1.05. The molecule has 2 heteroatoms. The molecule has 9 heavy (non-hydrogen) atoms. The molecule has 2 nitrogen and oxygen atoms in total. The molecule has 1 fully saturated rings. The van der Waals surface area contributed by atoms with E-state index in [1.807, 2.05) is 6.08 Å². The number of ether oxygens (including phenoxy) is 2. The first kappa shape index (κ1) is 5.06. The first-order valence-electron chi connectivity index (χ1n) is 3.08. The van der Waals surface area contributed by atoms with Crippen molar-refractivity contribution in [3.8, 4) is 0 Å². The third-order valence-electron chi connectivity index (χ3n) is 1.52. The molecule has 2 aliphatic rings. The number of hydrogen-bond acceptors (Lipinski definition) is 2. The third kappa shape index (κ3) is 0.754. The summed E-state index contributed by atoms with van der Waals surface area (Å²) in [4.78, 5) is 0. The van der Waals surface area contributed by atoms with Gasteiger partial charge in [0, 0.05) is 0 Å². The Kier molecular flexibility index (Phi) is 1.06. The van der Waals surface area contributed by atoms with Crippen LogP contribution in [0.15, 0.2) is 24.0 Å². The summed E-state index contributed by atoms with van der Waals surface area (Å²) in [6.07, 6.45) is 7.27. The summed E-state index contributed by atoms with van der Waals surface area (Å²) < 4.78 is 10.3. The summed E-state index contributed by atoms with van der Waals surface area (Å²) in [6.45, 7) is 0.418. The van der Waals surface area contributed by atoms with Gasteiger partial charge in [-0.05, 0) is 12.5 Å². The molecule has 0 aromatic heterocycles. The van der Waals surface area contributed by atoms with Gasteiger partial charge in [-0.15, -0.1) is 0 Å². The zero-order valence-corrected chi connectivity index (χ0v) is 5.04. The average molecular weight is 124 g/mol. The fraction of sp³-hybridized carbons (Fsp3) is 0.429. The molecular weight excluding hydrogens is 116 g/mol. The number of allylic oxidation sites excluding steroid dienone is 2. The van der Waals surface area contributed by atoms with Crippen molar-refractivity contribution in [2.24, 2.45) is 0 Å². The number of rotatable bonds is 0. The Labute approximate surface area is 53.8 Å². The van der Waals surface area contributed by atoms with Crippen molar-refractivity contribution in [2.75, 3.05) is 6.79 Å². The molecule has 2 rings (SSSR count). The van der Waals surface area contributed by atoms with Gasteiger partial charge in [0.25, 0.3) is 0 Å². The van der Waals surface area contributed by atoms with Gasteiger partial charge >= 0.3 is 0 Å². The molecule has 1 aliphatic carbocycles. The summed E-state index contributed by atoms with van der Waals surface area (Å²) in [5, 5.41) is 0. The highest BCUT2D eigenvalue weighted by molar-refractivity contribution is 5.18. The van der Waals surface area contributed by atoms with Crippen LogP contribution in [0.1, 0.15) is 6.42 Å². The molecule has 0 bridgehead atoms. The molecule has 0 spiro atoms. The topological polar surface area (TPSA) is 18.5 Å². The van der Waals surface area contributed by atoms with Crippen molar-refractivity contribution >= 4 is 0 Å². The smallest absolute Gasteiger partial charge is 0.189 e. The zero-order valence-electron chi connectivity index (χ0n) is 5.04. The van der Waals surface area contributed by atoms with E-state index in [0.29, 0.717) is 6.79 Å².